The Balaban J connectivity index is 1.99. The first kappa shape index (κ1) is 10.7. The minimum absolute atomic E-state index is 0.150. The number of aromatic hydroxyl groups is 1. The van der Waals surface area contributed by atoms with Crippen LogP contribution in [0, 0.1) is 0 Å². The van der Waals surface area contributed by atoms with Crippen molar-refractivity contribution in [3.63, 3.8) is 0 Å². The fourth-order valence-electron chi connectivity index (χ4n) is 1.48. The Bertz CT molecular complexity index is 692. The molecule has 0 saturated carbocycles. The summed E-state index contributed by atoms with van der Waals surface area (Å²) in [5.74, 6) is 0.852. The summed E-state index contributed by atoms with van der Waals surface area (Å²) in [5.41, 5.74) is 6.76. The minimum Gasteiger partial charge on any atom is -0.508 e. The summed E-state index contributed by atoms with van der Waals surface area (Å²) < 4.78 is 5.10. The molecule has 6 nitrogen and oxygen atoms in total. The van der Waals surface area contributed by atoms with Crippen molar-refractivity contribution in [2.75, 3.05) is 5.73 Å². The molecule has 0 atom stereocenters. The van der Waals surface area contributed by atoms with Crippen molar-refractivity contribution in [1.82, 2.24) is 15.1 Å². The number of thiazole rings is 1. The van der Waals surface area contributed by atoms with E-state index in [1.54, 1.807) is 29.6 Å². The van der Waals surface area contributed by atoms with Crippen molar-refractivity contribution in [3.05, 3.63) is 29.6 Å². The zero-order valence-electron chi connectivity index (χ0n) is 9.07. The molecule has 0 bridgehead atoms. The van der Waals surface area contributed by atoms with E-state index >= 15 is 0 Å². The van der Waals surface area contributed by atoms with Gasteiger partial charge in [-0.2, -0.15) is 4.98 Å². The maximum Gasteiger partial charge on any atom is 0.277 e. The monoisotopic (exact) mass is 260 g/mol. The van der Waals surface area contributed by atoms with Gasteiger partial charge in [0.15, 0.2) is 5.13 Å². The van der Waals surface area contributed by atoms with Crippen molar-refractivity contribution in [2.24, 2.45) is 0 Å². The Morgan fingerprint density at radius 2 is 2.17 bits per heavy atom. The lowest BCUT2D eigenvalue weighted by Gasteiger charge is -1.94. The number of benzene rings is 1. The van der Waals surface area contributed by atoms with Gasteiger partial charge in [0.05, 0.1) is 0 Å². The van der Waals surface area contributed by atoms with Crippen LogP contribution in [-0.2, 0) is 0 Å². The highest BCUT2D eigenvalue weighted by Gasteiger charge is 2.13. The number of anilines is 1. The van der Waals surface area contributed by atoms with Crippen LogP contribution in [0.4, 0.5) is 5.13 Å². The molecule has 0 amide bonds. The normalized spacial score (nSPS) is 10.7. The summed E-state index contributed by atoms with van der Waals surface area (Å²) in [5, 5.41) is 15.4. The van der Waals surface area contributed by atoms with Gasteiger partial charge in [-0.3, -0.25) is 0 Å². The average molecular weight is 260 g/mol. The van der Waals surface area contributed by atoms with Crippen molar-refractivity contribution in [1.29, 1.82) is 0 Å². The Morgan fingerprint density at radius 1 is 1.28 bits per heavy atom. The first-order chi connectivity index (χ1) is 8.72. The van der Waals surface area contributed by atoms with E-state index in [4.69, 9.17) is 10.3 Å². The summed E-state index contributed by atoms with van der Waals surface area (Å²) in [6.07, 6.45) is 0. The SMILES string of the molecule is Nc1nc(-c2nc(-c3cccc(O)c3)no2)cs1. The van der Waals surface area contributed by atoms with Crippen molar-refractivity contribution < 1.29 is 9.63 Å². The second-order valence-electron chi connectivity index (χ2n) is 3.54. The largest absolute Gasteiger partial charge is 0.508 e. The van der Waals surface area contributed by atoms with Gasteiger partial charge in [0.25, 0.3) is 5.89 Å². The predicted octanol–water partition coefficient (Wildman–Crippen LogP) is 2.15. The van der Waals surface area contributed by atoms with Gasteiger partial charge in [-0.25, -0.2) is 4.98 Å². The Hall–Kier alpha value is -2.41. The molecule has 2 aromatic heterocycles. The number of phenolic OH excluding ortho intramolecular Hbond substituents is 1. The van der Waals surface area contributed by atoms with Crippen LogP contribution < -0.4 is 5.73 Å². The lowest BCUT2D eigenvalue weighted by molar-refractivity contribution is 0.431. The Morgan fingerprint density at radius 3 is 2.89 bits per heavy atom. The molecule has 18 heavy (non-hydrogen) atoms. The van der Waals surface area contributed by atoms with Crippen molar-refractivity contribution >= 4 is 16.5 Å². The van der Waals surface area contributed by atoms with Crippen LogP contribution in [0.25, 0.3) is 23.0 Å². The van der Waals surface area contributed by atoms with Gasteiger partial charge in [0.2, 0.25) is 5.82 Å². The van der Waals surface area contributed by atoms with E-state index in [0.29, 0.717) is 28.1 Å². The van der Waals surface area contributed by atoms with Gasteiger partial charge >= 0.3 is 0 Å². The highest BCUT2D eigenvalue weighted by atomic mass is 32.1. The second-order valence-corrected chi connectivity index (χ2v) is 4.43. The molecule has 0 radical (unpaired) electrons. The predicted molar refractivity (Wildman–Crippen MR) is 66.9 cm³/mol. The zero-order chi connectivity index (χ0) is 12.5. The molecule has 0 aliphatic heterocycles. The summed E-state index contributed by atoms with van der Waals surface area (Å²) in [7, 11) is 0. The molecule has 3 N–H and O–H groups in total. The number of rotatable bonds is 2. The molecular formula is C11H8N4O2S. The molecule has 0 spiro atoms. The van der Waals surface area contributed by atoms with Gasteiger partial charge in [-0.15, -0.1) is 11.3 Å². The zero-order valence-corrected chi connectivity index (χ0v) is 9.89. The van der Waals surface area contributed by atoms with E-state index in [-0.39, 0.29) is 5.75 Å². The second kappa shape index (κ2) is 4.11. The molecular weight excluding hydrogens is 252 g/mol. The molecule has 90 valence electrons. The Labute approximate surface area is 106 Å². The van der Waals surface area contributed by atoms with Gasteiger partial charge in [-0.05, 0) is 12.1 Å². The van der Waals surface area contributed by atoms with Crippen LogP contribution in [0.15, 0.2) is 34.2 Å². The highest BCUT2D eigenvalue weighted by molar-refractivity contribution is 7.13. The maximum atomic E-state index is 9.39. The molecule has 0 aliphatic rings. The van der Waals surface area contributed by atoms with E-state index in [1.165, 1.54) is 11.3 Å². The number of phenols is 1. The van der Waals surface area contributed by atoms with E-state index in [0.717, 1.165) is 0 Å². The number of aromatic nitrogens is 3. The van der Waals surface area contributed by atoms with Gasteiger partial charge in [-0.1, -0.05) is 17.3 Å². The van der Waals surface area contributed by atoms with Crippen LogP contribution >= 0.6 is 11.3 Å². The molecule has 2 heterocycles. The number of nitrogens with zero attached hydrogens (tertiary/aromatic N) is 3. The summed E-state index contributed by atoms with van der Waals surface area (Å²) >= 11 is 1.31. The standard InChI is InChI=1S/C11H8N4O2S/c12-11-13-8(5-18-11)10-14-9(15-17-10)6-2-1-3-7(16)4-6/h1-5,16H,(H2,12,13). The minimum atomic E-state index is 0.150. The third-order valence-corrected chi connectivity index (χ3v) is 2.95. The van der Waals surface area contributed by atoms with Crippen LogP contribution in [0.3, 0.4) is 0 Å². The third kappa shape index (κ3) is 1.91. The van der Waals surface area contributed by atoms with Gasteiger partial charge in [0, 0.05) is 10.9 Å². The van der Waals surface area contributed by atoms with E-state index in [1.807, 2.05) is 0 Å². The molecule has 3 rings (SSSR count). The summed E-state index contributed by atoms with van der Waals surface area (Å²) in [4.78, 5) is 8.26. The summed E-state index contributed by atoms with van der Waals surface area (Å²) in [6, 6.07) is 6.63. The lowest BCUT2D eigenvalue weighted by Crippen LogP contribution is -1.83. The fourth-order valence-corrected chi connectivity index (χ4v) is 2.01. The molecule has 1 aromatic carbocycles. The molecule has 0 fully saturated rings. The van der Waals surface area contributed by atoms with Crippen LogP contribution in [0.2, 0.25) is 0 Å². The molecule has 0 aliphatic carbocycles. The topological polar surface area (TPSA) is 98.1 Å². The van der Waals surface area contributed by atoms with E-state index in [9.17, 15) is 5.11 Å². The van der Waals surface area contributed by atoms with Crippen LogP contribution in [0.5, 0.6) is 5.75 Å². The van der Waals surface area contributed by atoms with E-state index in [2.05, 4.69) is 15.1 Å². The number of hydrogen-bond donors (Lipinski definition) is 2. The van der Waals surface area contributed by atoms with Crippen LogP contribution in [-0.4, -0.2) is 20.2 Å². The van der Waals surface area contributed by atoms with Gasteiger partial charge < -0.3 is 15.4 Å². The molecule has 0 unspecified atom stereocenters. The first-order valence-electron chi connectivity index (χ1n) is 5.07. The quantitative estimate of drug-likeness (QED) is 0.732. The number of nitrogen functional groups attached to an aromatic ring is 1. The highest BCUT2D eigenvalue weighted by Crippen LogP contribution is 2.25. The number of nitrogens with two attached hydrogens (primary N) is 1. The van der Waals surface area contributed by atoms with Gasteiger partial charge in [0.1, 0.15) is 11.4 Å². The average Bonchev–Trinajstić information content (AvgIpc) is 2.97. The van der Waals surface area contributed by atoms with Crippen molar-refractivity contribution in [3.8, 4) is 28.7 Å². The number of hydrogen-bond acceptors (Lipinski definition) is 7. The Kier molecular flexibility index (Phi) is 2.45. The smallest absolute Gasteiger partial charge is 0.277 e. The summed E-state index contributed by atoms with van der Waals surface area (Å²) in [6.45, 7) is 0. The van der Waals surface area contributed by atoms with E-state index < -0.39 is 0 Å². The third-order valence-electron chi connectivity index (χ3n) is 2.27. The maximum absolute atomic E-state index is 9.39. The lowest BCUT2D eigenvalue weighted by atomic mass is 10.2. The molecule has 7 heteroatoms. The molecule has 3 aromatic rings. The first-order valence-corrected chi connectivity index (χ1v) is 5.95. The van der Waals surface area contributed by atoms with Crippen molar-refractivity contribution in [2.45, 2.75) is 0 Å². The van der Waals surface area contributed by atoms with Crippen LogP contribution in [0.1, 0.15) is 0 Å². The fraction of sp³-hybridized carbons (Fsp3) is 0. The molecule has 0 saturated heterocycles.